The van der Waals surface area contributed by atoms with Gasteiger partial charge < -0.3 is 20.1 Å². The van der Waals surface area contributed by atoms with Crippen LogP contribution in [0.5, 0.6) is 0 Å². The SMILES string of the molecule is CC1C(C(=O)O)CCN1C(=O)NC1CC2CCC1O2. The van der Waals surface area contributed by atoms with Crippen LogP contribution < -0.4 is 5.32 Å². The monoisotopic (exact) mass is 268 g/mol. The number of carboxylic acid groups (broad SMARTS) is 1. The molecule has 6 nitrogen and oxygen atoms in total. The van der Waals surface area contributed by atoms with Gasteiger partial charge in [0, 0.05) is 12.6 Å². The van der Waals surface area contributed by atoms with E-state index in [4.69, 9.17) is 9.84 Å². The second kappa shape index (κ2) is 4.67. The van der Waals surface area contributed by atoms with Gasteiger partial charge in [0.05, 0.1) is 24.2 Å². The Labute approximate surface area is 112 Å². The third kappa shape index (κ3) is 2.18. The van der Waals surface area contributed by atoms with Crippen LogP contribution in [0.3, 0.4) is 0 Å². The summed E-state index contributed by atoms with van der Waals surface area (Å²) in [5, 5.41) is 12.1. The molecule has 3 aliphatic heterocycles. The molecular formula is C13H20N2O4. The molecule has 2 bridgehead atoms. The molecule has 5 unspecified atom stereocenters. The molecule has 3 aliphatic rings. The number of carbonyl (C=O) groups is 2. The zero-order valence-corrected chi connectivity index (χ0v) is 11.0. The van der Waals surface area contributed by atoms with Crippen LogP contribution in [0, 0.1) is 5.92 Å². The highest BCUT2D eigenvalue weighted by atomic mass is 16.5. The fourth-order valence-electron chi connectivity index (χ4n) is 3.59. The molecule has 3 heterocycles. The number of hydrogen-bond acceptors (Lipinski definition) is 3. The Morgan fingerprint density at radius 1 is 1.32 bits per heavy atom. The topological polar surface area (TPSA) is 78.9 Å². The van der Waals surface area contributed by atoms with Crippen LogP contribution in [0.25, 0.3) is 0 Å². The van der Waals surface area contributed by atoms with Gasteiger partial charge in [0.1, 0.15) is 0 Å². The van der Waals surface area contributed by atoms with Gasteiger partial charge in [-0.1, -0.05) is 0 Å². The van der Waals surface area contributed by atoms with E-state index in [1.807, 2.05) is 6.92 Å². The van der Waals surface area contributed by atoms with Crippen molar-refractivity contribution in [1.29, 1.82) is 0 Å². The molecule has 2 N–H and O–H groups in total. The molecule has 0 aromatic carbocycles. The Kier molecular flexibility index (Phi) is 3.12. The molecule has 2 amide bonds. The van der Waals surface area contributed by atoms with E-state index in [1.54, 1.807) is 4.90 Å². The second-order valence-corrected chi connectivity index (χ2v) is 5.83. The number of nitrogens with one attached hydrogen (secondary N) is 1. The van der Waals surface area contributed by atoms with Gasteiger partial charge in [-0.15, -0.1) is 0 Å². The molecular weight excluding hydrogens is 248 g/mol. The van der Waals surface area contributed by atoms with Gasteiger partial charge in [-0.2, -0.15) is 0 Å². The first-order valence-electron chi connectivity index (χ1n) is 7.01. The third-order valence-electron chi connectivity index (χ3n) is 4.75. The minimum Gasteiger partial charge on any atom is -0.481 e. The number of ether oxygens (including phenoxy) is 1. The number of fused-ring (bicyclic) bond motifs is 2. The Hall–Kier alpha value is -1.30. The van der Waals surface area contributed by atoms with Crippen LogP contribution in [0.1, 0.15) is 32.6 Å². The van der Waals surface area contributed by atoms with E-state index in [1.165, 1.54) is 0 Å². The molecule has 19 heavy (non-hydrogen) atoms. The van der Waals surface area contributed by atoms with Crippen molar-refractivity contribution in [3.63, 3.8) is 0 Å². The third-order valence-corrected chi connectivity index (χ3v) is 4.75. The molecule has 5 atom stereocenters. The lowest BCUT2D eigenvalue weighted by Gasteiger charge is -2.27. The number of carbonyl (C=O) groups excluding carboxylic acids is 1. The Balaban J connectivity index is 1.58. The molecule has 3 fully saturated rings. The molecule has 0 radical (unpaired) electrons. The molecule has 0 aliphatic carbocycles. The maximum absolute atomic E-state index is 12.2. The average Bonchev–Trinajstić information content (AvgIpc) is 3.02. The number of urea groups is 1. The van der Waals surface area contributed by atoms with Gasteiger partial charge in [-0.05, 0) is 32.6 Å². The van der Waals surface area contributed by atoms with Crippen molar-refractivity contribution in [2.75, 3.05) is 6.54 Å². The summed E-state index contributed by atoms with van der Waals surface area (Å²) in [6.45, 7) is 2.33. The molecule has 3 rings (SSSR count). The van der Waals surface area contributed by atoms with Crippen LogP contribution in [-0.4, -0.2) is 52.8 Å². The van der Waals surface area contributed by atoms with Crippen molar-refractivity contribution in [3.8, 4) is 0 Å². The van der Waals surface area contributed by atoms with Crippen LogP contribution >= 0.6 is 0 Å². The van der Waals surface area contributed by atoms with Gasteiger partial charge in [0.15, 0.2) is 0 Å². The van der Waals surface area contributed by atoms with E-state index in [0.29, 0.717) is 19.1 Å². The summed E-state index contributed by atoms with van der Waals surface area (Å²) >= 11 is 0. The minimum absolute atomic E-state index is 0.0994. The predicted octanol–water partition coefficient (Wildman–Crippen LogP) is 0.811. The van der Waals surface area contributed by atoms with Crippen molar-refractivity contribution < 1.29 is 19.4 Å². The van der Waals surface area contributed by atoms with Crippen LogP contribution in [0.4, 0.5) is 4.79 Å². The van der Waals surface area contributed by atoms with E-state index in [9.17, 15) is 9.59 Å². The Morgan fingerprint density at radius 2 is 2.11 bits per heavy atom. The lowest BCUT2D eigenvalue weighted by atomic mass is 9.96. The lowest BCUT2D eigenvalue weighted by molar-refractivity contribution is -0.142. The fraction of sp³-hybridized carbons (Fsp3) is 0.846. The molecule has 0 aromatic rings. The highest BCUT2D eigenvalue weighted by Gasteiger charge is 2.43. The quantitative estimate of drug-likeness (QED) is 0.777. The summed E-state index contributed by atoms with van der Waals surface area (Å²) in [5.74, 6) is -1.26. The normalized spacial score (nSPS) is 40.7. The van der Waals surface area contributed by atoms with Crippen LogP contribution in [0.2, 0.25) is 0 Å². The van der Waals surface area contributed by atoms with E-state index >= 15 is 0 Å². The number of amides is 2. The summed E-state index contributed by atoms with van der Waals surface area (Å²) in [6, 6.07) is -0.281. The summed E-state index contributed by atoms with van der Waals surface area (Å²) in [6.07, 6.45) is 4.00. The van der Waals surface area contributed by atoms with Crippen LogP contribution in [0.15, 0.2) is 0 Å². The summed E-state index contributed by atoms with van der Waals surface area (Å²) < 4.78 is 5.71. The van der Waals surface area contributed by atoms with Crippen molar-refractivity contribution in [3.05, 3.63) is 0 Å². The number of carboxylic acids is 1. The zero-order valence-electron chi connectivity index (χ0n) is 11.0. The first-order valence-corrected chi connectivity index (χ1v) is 7.01. The van der Waals surface area contributed by atoms with E-state index < -0.39 is 11.9 Å². The van der Waals surface area contributed by atoms with Crippen molar-refractivity contribution in [2.24, 2.45) is 5.92 Å². The zero-order chi connectivity index (χ0) is 13.6. The largest absolute Gasteiger partial charge is 0.481 e. The van der Waals surface area contributed by atoms with Crippen molar-refractivity contribution in [1.82, 2.24) is 10.2 Å². The predicted molar refractivity (Wildman–Crippen MR) is 66.7 cm³/mol. The molecule has 106 valence electrons. The fourth-order valence-corrected chi connectivity index (χ4v) is 3.59. The molecule has 0 aromatic heterocycles. The van der Waals surface area contributed by atoms with Crippen molar-refractivity contribution in [2.45, 2.75) is 56.9 Å². The van der Waals surface area contributed by atoms with Crippen molar-refractivity contribution >= 4 is 12.0 Å². The van der Waals surface area contributed by atoms with Gasteiger partial charge in [-0.3, -0.25) is 4.79 Å². The highest BCUT2D eigenvalue weighted by Crippen LogP contribution is 2.34. The lowest BCUT2D eigenvalue weighted by Crippen LogP contribution is -2.50. The maximum atomic E-state index is 12.2. The standard InChI is InChI=1S/C13H20N2O4/c1-7-9(12(16)17)4-5-15(7)13(18)14-10-6-8-2-3-11(10)19-8/h7-11H,2-6H2,1H3,(H,14,18)(H,16,17). The van der Waals surface area contributed by atoms with Gasteiger partial charge >= 0.3 is 12.0 Å². The number of likely N-dealkylation sites (tertiary alicyclic amines) is 1. The minimum atomic E-state index is -0.814. The highest BCUT2D eigenvalue weighted by molar-refractivity contribution is 5.78. The summed E-state index contributed by atoms with van der Waals surface area (Å²) in [7, 11) is 0. The molecule has 6 heteroatoms. The average molecular weight is 268 g/mol. The summed E-state index contributed by atoms with van der Waals surface area (Å²) in [5.41, 5.74) is 0. The Morgan fingerprint density at radius 3 is 2.63 bits per heavy atom. The van der Waals surface area contributed by atoms with Gasteiger partial charge in [0.2, 0.25) is 0 Å². The number of aliphatic carboxylic acids is 1. The number of hydrogen-bond donors (Lipinski definition) is 2. The Bertz CT molecular complexity index is 400. The molecule has 3 saturated heterocycles. The maximum Gasteiger partial charge on any atom is 0.317 e. The first-order chi connectivity index (χ1) is 9.06. The summed E-state index contributed by atoms with van der Waals surface area (Å²) in [4.78, 5) is 24.9. The van der Waals surface area contributed by atoms with Crippen LogP contribution in [-0.2, 0) is 9.53 Å². The van der Waals surface area contributed by atoms with E-state index in [0.717, 1.165) is 19.3 Å². The molecule has 0 spiro atoms. The van der Waals surface area contributed by atoms with Gasteiger partial charge in [-0.25, -0.2) is 4.79 Å². The van der Waals surface area contributed by atoms with Gasteiger partial charge in [0.25, 0.3) is 0 Å². The van der Waals surface area contributed by atoms with E-state index in [2.05, 4.69) is 5.32 Å². The smallest absolute Gasteiger partial charge is 0.317 e. The number of rotatable bonds is 2. The number of nitrogens with zero attached hydrogens (tertiary/aromatic N) is 1. The molecule has 0 saturated carbocycles. The van der Waals surface area contributed by atoms with E-state index in [-0.39, 0.29) is 24.2 Å². The second-order valence-electron chi connectivity index (χ2n) is 5.83. The first kappa shape index (κ1) is 12.7.